The van der Waals surface area contributed by atoms with Gasteiger partial charge in [-0.15, -0.1) is 0 Å². The first-order chi connectivity index (χ1) is 9.55. The molecule has 2 heteroatoms. The Morgan fingerprint density at radius 1 is 1.25 bits per heavy atom. The highest BCUT2D eigenvalue weighted by atomic mass is 15.2. The van der Waals surface area contributed by atoms with Crippen molar-refractivity contribution in [2.75, 3.05) is 18.5 Å². The van der Waals surface area contributed by atoms with Crippen LogP contribution in [-0.2, 0) is 6.42 Å². The molecule has 3 unspecified atom stereocenters. The molecule has 0 aliphatic heterocycles. The third kappa shape index (κ3) is 2.58. The van der Waals surface area contributed by atoms with E-state index in [1.165, 1.54) is 30.5 Å². The van der Waals surface area contributed by atoms with E-state index in [2.05, 4.69) is 57.0 Å². The maximum atomic E-state index is 6.24. The van der Waals surface area contributed by atoms with Gasteiger partial charge in [0.1, 0.15) is 0 Å². The molecule has 0 radical (unpaired) electrons. The Bertz CT molecular complexity index is 426. The highest BCUT2D eigenvalue weighted by Crippen LogP contribution is 2.42. The zero-order chi connectivity index (χ0) is 14.8. The van der Waals surface area contributed by atoms with Crippen LogP contribution in [0.2, 0.25) is 0 Å². The summed E-state index contributed by atoms with van der Waals surface area (Å²) in [7, 11) is 2.22. The molecule has 0 bridgehead atoms. The third-order valence-corrected chi connectivity index (χ3v) is 5.72. The molecular formula is C18H30N2. The fraction of sp³-hybridized carbons (Fsp3) is 0.667. The first kappa shape index (κ1) is 15.4. The molecule has 0 aromatic heterocycles. The summed E-state index contributed by atoms with van der Waals surface area (Å²) in [6.07, 6.45) is 4.94. The van der Waals surface area contributed by atoms with Crippen molar-refractivity contribution >= 4 is 5.69 Å². The number of likely N-dealkylation sites (N-methyl/N-ethyl adjacent to an activating group) is 1. The van der Waals surface area contributed by atoms with Gasteiger partial charge in [-0.1, -0.05) is 45.7 Å². The van der Waals surface area contributed by atoms with Crippen LogP contribution in [0.15, 0.2) is 24.3 Å². The predicted molar refractivity (Wildman–Crippen MR) is 88.2 cm³/mol. The summed E-state index contributed by atoms with van der Waals surface area (Å²) in [6, 6.07) is 8.99. The van der Waals surface area contributed by atoms with E-state index in [1.54, 1.807) is 0 Å². The SMILES string of the molecule is CCc1ccc(N(C)C2(CN)CCCC(C)C2C)cc1. The normalized spacial score (nSPS) is 30.2. The quantitative estimate of drug-likeness (QED) is 0.904. The Labute approximate surface area is 124 Å². The number of benzene rings is 1. The van der Waals surface area contributed by atoms with E-state index in [9.17, 15) is 0 Å². The highest BCUT2D eigenvalue weighted by molar-refractivity contribution is 5.50. The molecule has 0 spiro atoms. The fourth-order valence-electron chi connectivity index (χ4n) is 3.85. The number of hydrogen-bond acceptors (Lipinski definition) is 2. The molecule has 2 nitrogen and oxygen atoms in total. The lowest BCUT2D eigenvalue weighted by molar-refractivity contribution is 0.144. The zero-order valence-electron chi connectivity index (χ0n) is 13.5. The fourth-order valence-corrected chi connectivity index (χ4v) is 3.85. The number of anilines is 1. The largest absolute Gasteiger partial charge is 0.367 e. The van der Waals surface area contributed by atoms with Gasteiger partial charge >= 0.3 is 0 Å². The van der Waals surface area contributed by atoms with Gasteiger partial charge in [0.05, 0.1) is 5.54 Å². The molecule has 1 aromatic rings. The lowest BCUT2D eigenvalue weighted by Crippen LogP contribution is -2.60. The molecule has 1 aliphatic rings. The second-order valence-corrected chi connectivity index (χ2v) is 6.54. The topological polar surface area (TPSA) is 29.3 Å². The minimum absolute atomic E-state index is 0.116. The number of nitrogens with zero attached hydrogens (tertiary/aromatic N) is 1. The van der Waals surface area contributed by atoms with Crippen molar-refractivity contribution in [1.82, 2.24) is 0 Å². The van der Waals surface area contributed by atoms with Crippen molar-refractivity contribution < 1.29 is 0 Å². The van der Waals surface area contributed by atoms with Crippen LogP contribution in [0.1, 0.15) is 45.6 Å². The van der Waals surface area contributed by atoms with E-state index in [-0.39, 0.29) is 5.54 Å². The highest BCUT2D eigenvalue weighted by Gasteiger charge is 2.43. The first-order valence-corrected chi connectivity index (χ1v) is 8.08. The van der Waals surface area contributed by atoms with Crippen LogP contribution < -0.4 is 10.6 Å². The van der Waals surface area contributed by atoms with Crippen molar-refractivity contribution in [3.63, 3.8) is 0 Å². The minimum atomic E-state index is 0.116. The van der Waals surface area contributed by atoms with Crippen LogP contribution in [0.5, 0.6) is 0 Å². The van der Waals surface area contributed by atoms with Crippen molar-refractivity contribution in [3.8, 4) is 0 Å². The van der Waals surface area contributed by atoms with Gasteiger partial charge in [-0.3, -0.25) is 0 Å². The smallest absolute Gasteiger partial charge is 0.0548 e. The molecule has 1 aromatic carbocycles. The Morgan fingerprint density at radius 3 is 2.45 bits per heavy atom. The van der Waals surface area contributed by atoms with Crippen molar-refractivity contribution in [3.05, 3.63) is 29.8 Å². The Balaban J connectivity index is 2.29. The summed E-state index contributed by atoms with van der Waals surface area (Å²) in [4.78, 5) is 2.45. The van der Waals surface area contributed by atoms with E-state index in [0.29, 0.717) is 5.92 Å². The summed E-state index contributed by atoms with van der Waals surface area (Å²) in [5.74, 6) is 1.39. The molecule has 2 N–H and O–H groups in total. The van der Waals surface area contributed by atoms with Crippen LogP contribution in [0, 0.1) is 11.8 Å². The molecule has 0 saturated heterocycles. The van der Waals surface area contributed by atoms with Gasteiger partial charge in [-0.25, -0.2) is 0 Å². The van der Waals surface area contributed by atoms with Gasteiger partial charge in [-0.05, 0) is 42.4 Å². The van der Waals surface area contributed by atoms with Crippen molar-refractivity contribution in [1.29, 1.82) is 0 Å². The molecule has 2 rings (SSSR count). The Morgan fingerprint density at radius 2 is 1.90 bits per heavy atom. The molecular weight excluding hydrogens is 244 g/mol. The summed E-state index contributed by atoms with van der Waals surface area (Å²) >= 11 is 0. The van der Waals surface area contributed by atoms with E-state index in [4.69, 9.17) is 5.73 Å². The molecule has 112 valence electrons. The molecule has 0 amide bonds. The van der Waals surface area contributed by atoms with Crippen LogP contribution in [0.4, 0.5) is 5.69 Å². The third-order valence-electron chi connectivity index (χ3n) is 5.72. The van der Waals surface area contributed by atoms with Crippen LogP contribution in [-0.4, -0.2) is 19.1 Å². The molecule has 1 saturated carbocycles. The standard InChI is InChI=1S/C18H30N2/c1-5-16-8-10-17(11-9-16)20(4)18(13-19)12-6-7-14(2)15(18)3/h8-11,14-15H,5-7,12-13,19H2,1-4H3. The molecule has 1 aliphatic carbocycles. The molecule has 20 heavy (non-hydrogen) atoms. The zero-order valence-corrected chi connectivity index (χ0v) is 13.5. The maximum Gasteiger partial charge on any atom is 0.0548 e. The van der Waals surface area contributed by atoms with E-state index < -0.39 is 0 Å². The summed E-state index contributed by atoms with van der Waals surface area (Å²) in [5.41, 5.74) is 9.06. The van der Waals surface area contributed by atoms with E-state index >= 15 is 0 Å². The second kappa shape index (κ2) is 6.17. The van der Waals surface area contributed by atoms with Gasteiger partial charge < -0.3 is 10.6 Å². The van der Waals surface area contributed by atoms with Gasteiger partial charge in [0.15, 0.2) is 0 Å². The van der Waals surface area contributed by atoms with Gasteiger partial charge in [0.2, 0.25) is 0 Å². The first-order valence-electron chi connectivity index (χ1n) is 8.08. The van der Waals surface area contributed by atoms with Gasteiger partial charge in [0.25, 0.3) is 0 Å². The van der Waals surface area contributed by atoms with E-state index in [1.807, 2.05) is 0 Å². The summed E-state index contributed by atoms with van der Waals surface area (Å²) in [5, 5.41) is 0. The maximum absolute atomic E-state index is 6.24. The van der Waals surface area contributed by atoms with Crippen LogP contribution in [0.25, 0.3) is 0 Å². The Kier molecular flexibility index (Phi) is 4.74. The summed E-state index contributed by atoms with van der Waals surface area (Å²) in [6.45, 7) is 7.70. The van der Waals surface area contributed by atoms with Gasteiger partial charge in [0, 0.05) is 19.3 Å². The Hall–Kier alpha value is -1.02. The molecule has 3 atom stereocenters. The number of aryl methyl sites for hydroxylation is 1. The molecule has 1 fully saturated rings. The average Bonchev–Trinajstić information content (AvgIpc) is 2.50. The van der Waals surface area contributed by atoms with Crippen molar-refractivity contribution in [2.45, 2.75) is 52.0 Å². The lowest BCUT2D eigenvalue weighted by Gasteiger charge is -2.52. The number of rotatable bonds is 4. The minimum Gasteiger partial charge on any atom is -0.367 e. The predicted octanol–water partition coefficient (Wildman–Crippen LogP) is 3.84. The average molecular weight is 274 g/mol. The van der Waals surface area contributed by atoms with Crippen LogP contribution >= 0.6 is 0 Å². The van der Waals surface area contributed by atoms with Crippen LogP contribution in [0.3, 0.4) is 0 Å². The molecule has 0 heterocycles. The monoisotopic (exact) mass is 274 g/mol. The van der Waals surface area contributed by atoms with Crippen molar-refractivity contribution in [2.24, 2.45) is 17.6 Å². The number of nitrogens with two attached hydrogens (primary N) is 1. The number of hydrogen-bond donors (Lipinski definition) is 1. The summed E-state index contributed by atoms with van der Waals surface area (Å²) < 4.78 is 0. The van der Waals surface area contributed by atoms with E-state index in [0.717, 1.165) is 18.9 Å². The lowest BCUT2D eigenvalue weighted by atomic mass is 9.67. The van der Waals surface area contributed by atoms with Gasteiger partial charge in [-0.2, -0.15) is 0 Å². The second-order valence-electron chi connectivity index (χ2n) is 6.54.